The summed E-state index contributed by atoms with van der Waals surface area (Å²) in [4.78, 5) is 0. The van der Waals surface area contributed by atoms with Crippen LogP contribution in [0.3, 0.4) is 0 Å². The molecule has 0 aromatic rings. The minimum absolute atomic E-state index is 0.517. The summed E-state index contributed by atoms with van der Waals surface area (Å²) in [6, 6.07) is 0. The predicted octanol–water partition coefficient (Wildman–Crippen LogP) is 5.89. The van der Waals surface area contributed by atoms with Crippen LogP contribution in [0.15, 0.2) is 5.16 Å². The van der Waals surface area contributed by atoms with E-state index in [0.29, 0.717) is 10.8 Å². The number of hydrogen-bond acceptors (Lipinski definition) is 2. The first-order chi connectivity index (χ1) is 11.0. The highest BCUT2D eigenvalue weighted by Gasteiger charge is 2.59. The number of fused-ring (bicyclic) bond motifs is 5. The third-order valence-electron chi connectivity index (χ3n) is 9.33. The summed E-state index contributed by atoms with van der Waals surface area (Å²) < 4.78 is 0. The smallest absolute Gasteiger partial charge is 0.0574 e. The molecule has 0 unspecified atom stereocenters. The van der Waals surface area contributed by atoms with Gasteiger partial charge in [-0.15, -0.1) is 0 Å². The van der Waals surface area contributed by atoms with Crippen molar-refractivity contribution >= 4 is 5.71 Å². The van der Waals surface area contributed by atoms with E-state index in [0.717, 1.165) is 48.1 Å². The molecule has 130 valence electrons. The summed E-state index contributed by atoms with van der Waals surface area (Å²) in [5.41, 5.74) is 2.23. The van der Waals surface area contributed by atoms with Gasteiger partial charge in [0.25, 0.3) is 0 Å². The molecule has 0 saturated heterocycles. The molecule has 4 saturated carbocycles. The fourth-order valence-corrected chi connectivity index (χ4v) is 7.93. The maximum absolute atomic E-state index is 9.20. The highest BCUT2D eigenvalue weighted by molar-refractivity contribution is 5.85. The van der Waals surface area contributed by atoms with Crippen LogP contribution in [-0.2, 0) is 0 Å². The van der Waals surface area contributed by atoms with Crippen LogP contribution in [0.25, 0.3) is 0 Å². The van der Waals surface area contributed by atoms with Crippen molar-refractivity contribution in [3.63, 3.8) is 0 Å². The third-order valence-corrected chi connectivity index (χ3v) is 9.33. The highest BCUT2D eigenvalue weighted by atomic mass is 16.4. The molecular formula is C21H35NO. The Morgan fingerprint density at radius 3 is 2.52 bits per heavy atom. The van der Waals surface area contributed by atoms with E-state index in [1.165, 1.54) is 51.4 Å². The maximum atomic E-state index is 9.20. The van der Waals surface area contributed by atoms with Gasteiger partial charge in [0.2, 0.25) is 0 Å². The minimum Gasteiger partial charge on any atom is -0.411 e. The lowest BCUT2D eigenvalue weighted by Crippen LogP contribution is -2.53. The van der Waals surface area contributed by atoms with Crippen LogP contribution in [0.1, 0.15) is 85.0 Å². The molecule has 4 fully saturated rings. The quantitative estimate of drug-likeness (QED) is 0.475. The molecule has 0 amide bonds. The van der Waals surface area contributed by atoms with Crippen LogP contribution in [0.5, 0.6) is 0 Å². The van der Waals surface area contributed by atoms with Crippen molar-refractivity contribution in [1.82, 2.24) is 0 Å². The largest absolute Gasteiger partial charge is 0.411 e. The molecule has 2 heteroatoms. The van der Waals surface area contributed by atoms with Gasteiger partial charge in [-0.05, 0) is 98.2 Å². The molecule has 2 nitrogen and oxygen atoms in total. The van der Waals surface area contributed by atoms with E-state index >= 15 is 0 Å². The second-order valence-electron chi connectivity index (χ2n) is 9.75. The number of nitrogens with zero attached hydrogens (tertiary/aromatic N) is 1. The van der Waals surface area contributed by atoms with E-state index in [4.69, 9.17) is 0 Å². The second kappa shape index (κ2) is 5.49. The molecule has 4 rings (SSSR count). The Kier molecular flexibility index (Phi) is 3.81. The van der Waals surface area contributed by atoms with E-state index in [2.05, 4.69) is 25.9 Å². The van der Waals surface area contributed by atoms with Gasteiger partial charge in [0.15, 0.2) is 0 Å². The molecular weight excluding hydrogens is 282 g/mol. The summed E-state index contributed by atoms with van der Waals surface area (Å²) in [5.74, 6) is 4.68. The average Bonchev–Trinajstić information content (AvgIpc) is 2.90. The van der Waals surface area contributed by atoms with Gasteiger partial charge in [-0.25, -0.2) is 0 Å². The van der Waals surface area contributed by atoms with Crippen molar-refractivity contribution in [2.24, 2.45) is 45.6 Å². The molecule has 0 aromatic heterocycles. The lowest BCUT2D eigenvalue weighted by atomic mass is 9.44. The molecule has 0 radical (unpaired) electrons. The Hall–Kier alpha value is -0.530. The van der Waals surface area contributed by atoms with E-state index in [1.54, 1.807) is 0 Å². The van der Waals surface area contributed by atoms with Crippen molar-refractivity contribution in [3.8, 4) is 0 Å². The Morgan fingerprint density at radius 2 is 1.78 bits per heavy atom. The van der Waals surface area contributed by atoms with Gasteiger partial charge in [0.1, 0.15) is 0 Å². The molecule has 1 N–H and O–H groups in total. The second-order valence-corrected chi connectivity index (χ2v) is 9.75. The van der Waals surface area contributed by atoms with Gasteiger partial charge in [0, 0.05) is 0 Å². The number of hydrogen-bond donors (Lipinski definition) is 1. The van der Waals surface area contributed by atoms with Crippen LogP contribution in [0, 0.1) is 40.4 Å². The predicted molar refractivity (Wildman–Crippen MR) is 94.7 cm³/mol. The van der Waals surface area contributed by atoms with E-state index in [9.17, 15) is 5.21 Å². The molecule has 4 aliphatic rings. The van der Waals surface area contributed by atoms with Gasteiger partial charge in [-0.3, -0.25) is 0 Å². The number of rotatable bonds is 1. The highest BCUT2D eigenvalue weighted by Crippen LogP contribution is 2.67. The zero-order valence-electron chi connectivity index (χ0n) is 15.4. The van der Waals surface area contributed by atoms with E-state index in [1.807, 2.05) is 0 Å². The van der Waals surface area contributed by atoms with Crippen molar-refractivity contribution in [2.75, 3.05) is 0 Å². The van der Waals surface area contributed by atoms with E-state index in [-0.39, 0.29) is 0 Å². The van der Waals surface area contributed by atoms with Gasteiger partial charge < -0.3 is 5.21 Å². The maximum Gasteiger partial charge on any atom is 0.0574 e. The SMILES string of the molecule is CC[C@H]1CC[C@H]2[C@@H]3CC[C@H]4C/C(=N\O)CC[C@]4(C)[C@H]3CC[C@]12C. The molecule has 23 heavy (non-hydrogen) atoms. The summed E-state index contributed by atoms with van der Waals surface area (Å²) in [7, 11) is 0. The van der Waals surface area contributed by atoms with Gasteiger partial charge >= 0.3 is 0 Å². The lowest BCUT2D eigenvalue weighted by Gasteiger charge is -2.60. The van der Waals surface area contributed by atoms with Crippen LogP contribution in [-0.4, -0.2) is 10.9 Å². The molecule has 7 atom stereocenters. The zero-order chi connectivity index (χ0) is 16.2. The third kappa shape index (κ3) is 2.15. The van der Waals surface area contributed by atoms with Crippen LogP contribution < -0.4 is 0 Å². The number of oxime groups is 1. The lowest BCUT2D eigenvalue weighted by molar-refractivity contribution is -0.101. The summed E-state index contributed by atoms with van der Waals surface area (Å²) in [6.07, 6.45) is 13.5. The zero-order valence-corrected chi connectivity index (χ0v) is 15.4. The van der Waals surface area contributed by atoms with Crippen LogP contribution in [0.2, 0.25) is 0 Å². The van der Waals surface area contributed by atoms with Crippen molar-refractivity contribution < 1.29 is 5.21 Å². The summed E-state index contributed by atoms with van der Waals surface area (Å²) >= 11 is 0. The summed E-state index contributed by atoms with van der Waals surface area (Å²) in [5, 5.41) is 12.8. The summed E-state index contributed by atoms with van der Waals surface area (Å²) in [6.45, 7) is 7.65. The van der Waals surface area contributed by atoms with E-state index < -0.39 is 0 Å². The molecule has 0 bridgehead atoms. The Bertz CT molecular complexity index is 500. The minimum atomic E-state index is 0.517. The van der Waals surface area contributed by atoms with Crippen LogP contribution >= 0.6 is 0 Å². The fraction of sp³-hybridized carbons (Fsp3) is 0.952. The van der Waals surface area contributed by atoms with Gasteiger partial charge in [-0.1, -0.05) is 32.3 Å². The molecule has 0 spiro atoms. The Morgan fingerprint density at radius 1 is 1.00 bits per heavy atom. The monoisotopic (exact) mass is 317 g/mol. The molecule has 0 aliphatic heterocycles. The van der Waals surface area contributed by atoms with Crippen molar-refractivity contribution in [3.05, 3.63) is 0 Å². The average molecular weight is 318 g/mol. The van der Waals surface area contributed by atoms with Crippen LogP contribution in [0.4, 0.5) is 0 Å². The first-order valence-corrected chi connectivity index (χ1v) is 10.2. The standard InChI is InChI=1S/C21H35NO/c1-4-14-6-8-18-17-7-5-15-13-16(22-23)9-11-21(15,3)19(17)10-12-20(14,18)2/h14-15,17-19,23H,4-13H2,1-3H3/b22-16-/t14-,15-,17-,18-,19-,20+,21-/m0/s1. The van der Waals surface area contributed by atoms with Gasteiger partial charge in [0.05, 0.1) is 5.71 Å². The first-order valence-electron chi connectivity index (χ1n) is 10.2. The molecule has 0 heterocycles. The fourth-order valence-electron chi connectivity index (χ4n) is 7.93. The topological polar surface area (TPSA) is 32.6 Å². The van der Waals surface area contributed by atoms with Crippen molar-refractivity contribution in [2.45, 2.75) is 85.0 Å². The molecule has 0 aromatic carbocycles. The van der Waals surface area contributed by atoms with Gasteiger partial charge in [-0.2, -0.15) is 0 Å². The first kappa shape index (κ1) is 16.0. The Labute approximate surface area is 142 Å². The Balaban J connectivity index is 1.60. The van der Waals surface area contributed by atoms with Crippen molar-refractivity contribution in [1.29, 1.82) is 0 Å². The normalized spacial score (nSPS) is 54.4. The molecule has 4 aliphatic carbocycles.